The highest BCUT2D eigenvalue weighted by Gasteiger charge is 2.13. The highest BCUT2D eigenvalue weighted by Crippen LogP contribution is 2.17. The second-order valence-electron chi connectivity index (χ2n) is 5.05. The first kappa shape index (κ1) is 15.9. The number of benzene rings is 1. The molecule has 0 atom stereocenters. The first-order chi connectivity index (χ1) is 9.79. The SMILES string of the molecule is OCCN(CCN1CCOCC1)Cc1ccccc1Br. The second-order valence-corrected chi connectivity index (χ2v) is 5.90. The summed E-state index contributed by atoms with van der Waals surface area (Å²) in [6, 6.07) is 8.27. The van der Waals surface area contributed by atoms with E-state index in [-0.39, 0.29) is 6.61 Å². The second kappa shape index (κ2) is 8.74. The molecule has 0 aromatic heterocycles. The van der Waals surface area contributed by atoms with Crippen LogP contribution >= 0.6 is 15.9 Å². The molecule has 0 saturated carbocycles. The Bertz CT molecular complexity index is 397. The third-order valence-corrected chi connectivity index (χ3v) is 4.38. The molecule has 112 valence electrons. The fraction of sp³-hybridized carbons (Fsp3) is 0.600. The molecule has 1 aliphatic heterocycles. The maximum Gasteiger partial charge on any atom is 0.0594 e. The molecule has 1 aliphatic rings. The van der Waals surface area contributed by atoms with E-state index in [1.54, 1.807) is 0 Å². The predicted molar refractivity (Wildman–Crippen MR) is 83.8 cm³/mol. The lowest BCUT2D eigenvalue weighted by Gasteiger charge is -2.30. The lowest BCUT2D eigenvalue weighted by Crippen LogP contribution is -2.41. The maximum absolute atomic E-state index is 9.23. The van der Waals surface area contributed by atoms with Crippen molar-refractivity contribution in [2.75, 3.05) is 52.5 Å². The molecule has 0 aliphatic carbocycles. The van der Waals surface area contributed by atoms with Gasteiger partial charge in [0.2, 0.25) is 0 Å². The van der Waals surface area contributed by atoms with Crippen molar-refractivity contribution in [1.82, 2.24) is 9.80 Å². The van der Waals surface area contributed by atoms with Crippen molar-refractivity contribution in [3.8, 4) is 0 Å². The topological polar surface area (TPSA) is 35.9 Å². The van der Waals surface area contributed by atoms with E-state index >= 15 is 0 Å². The summed E-state index contributed by atoms with van der Waals surface area (Å²) < 4.78 is 6.50. The van der Waals surface area contributed by atoms with Crippen molar-refractivity contribution in [1.29, 1.82) is 0 Å². The van der Waals surface area contributed by atoms with E-state index in [0.717, 1.165) is 50.4 Å². The Balaban J connectivity index is 1.84. The first-order valence-electron chi connectivity index (χ1n) is 7.16. The van der Waals surface area contributed by atoms with E-state index in [4.69, 9.17) is 4.74 Å². The van der Waals surface area contributed by atoms with Gasteiger partial charge < -0.3 is 9.84 Å². The molecule has 0 radical (unpaired) electrons. The van der Waals surface area contributed by atoms with Gasteiger partial charge in [0.25, 0.3) is 0 Å². The number of morpholine rings is 1. The average molecular weight is 343 g/mol. The Labute approximate surface area is 129 Å². The molecule has 1 aromatic rings. The van der Waals surface area contributed by atoms with Crippen molar-refractivity contribution in [2.45, 2.75) is 6.54 Å². The molecule has 2 rings (SSSR count). The van der Waals surface area contributed by atoms with Crippen LogP contribution < -0.4 is 0 Å². The molecule has 20 heavy (non-hydrogen) atoms. The van der Waals surface area contributed by atoms with Crippen LogP contribution in [0.15, 0.2) is 28.7 Å². The molecule has 1 heterocycles. The Morgan fingerprint density at radius 1 is 1.20 bits per heavy atom. The molecule has 1 fully saturated rings. The number of rotatable bonds is 7. The molecule has 0 bridgehead atoms. The van der Waals surface area contributed by atoms with E-state index in [2.05, 4.69) is 43.9 Å². The third kappa shape index (κ3) is 5.14. The molecule has 0 unspecified atom stereocenters. The largest absolute Gasteiger partial charge is 0.395 e. The van der Waals surface area contributed by atoms with Gasteiger partial charge in [-0.1, -0.05) is 34.1 Å². The fourth-order valence-electron chi connectivity index (χ4n) is 2.39. The van der Waals surface area contributed by atoms with Crippen molar-refractivity contribution in [3.05, 3.63) is 34.3 Å². The normalized spacial score (nSPS) is 16.8. The monoisotopic (exact) mass is 342 g/mol. The molecule has 0 amide bonds. The molecule has 4 nitrogen and oxygen atoms in total. The lowest BCUT2D eigenvalue weighted by molar-refractivity contribution is 0.0320. The summed E-state index contributed by atoms with van der Waals surface area (Å²) in [5, 5.41) is 9.23. The summed E-state index contributed by atoms with van der Waals surface area (Å²) in [6.07, 6.45) is 0. The summed E-state index contributed by atoms with van der Waals surface area (Å²) in [5.74, 6) is 0. The van der Waals surface area contributed by atoms with Gasteiger partial charge in [-0.05, 0) is 11.6 Å². The van der Waals surface area contributed by atoms with Gasteiger partial charge in [-0.2, -0.15) is 0 Å². The maximum atomic E-state index is 9.23. The van der Waals surface area contributed by atoms with Crippen LogP contribution in [0.2, 0.25) is 0 Å². The molecule has 0 spiro atoms. The Morgan fingerprint density at radius 3 is 2.65 bits per heavy atom. The van der Waals surface area contributed by atoms with E-state index in [0.29, 0.717) is 6.54 Å². The number of aliphatic hydroxyl groups excluding tert-OH is 1. The Hall–Kier alpha value is -0.460. The number of ether oxygens (including phenoxy) is 1. The van der Waals surface area contributed by atoms with Gasteiger partial charge >= 0.3 is 0 Å². The van der Waals surface area contributed by atoms with Crippen LogP contribution in [-0.2, 0) is 11.3 Å². The van der Waals surface area contributed by atoms with Gasteiger partial charge in [0, 0.05) is 43.7 Å². The zero-order valence-corrected chi connectivity index (χ0v) is 13.4. The van der Waals surface area contributed by atoms with Crippen LogP contribution in [0.25, 0.3) is 0 Å². The summed E-state index contributed by atoms with van der Waals surface area (Å²) in [6.45, 7) is 7.50. The molecule has 1 N–H and O–H groups in total. The molecule has 1 aromatic carbocycles. The van der Waals surface area contributed by atoms with Gasteiger partial charge in [-0.25, -0.2) is 0 Å². The van der Waals surface area contributed by atoms with Gasteiger partial charge in [-0.3, -0.25) is 9.80 Å². The molecule has 1 saturated heterocycles. The van der Waals surface area contributed by atoms with Gasteiger partial charge in [0.05, 0.1) is 19.8 Å². The van der Waals surface area contributed by atoms with E-state index in [9.17, 15) is 5.11 Å². The number of aliphatic hydroxyl groups is 1. The third-order valence-electron chi connectivity index (χ3n) is 3.60. The number of hydrogen-bond acceptors (Lipinski definition) is 4. The zero-order valence-electron chi connectivity index (χ0n) is 11.8. The standard InChI is InChI=1S/C15H23BrN2O2/c16-15-4-2-1-3-14(15)13-18(7-10-19)6-5-17-8-11-20-12-9-17/h1-4,19H,5-13H2. The van der Waals surface area contributed by atoms with E-state index in [1.807, 2.05) is 6.07 Å². The Kier molecular flexibility index (Phi) is 6.96. The minimum Gasteiger partial charge on any atom is -0.395 e. The fourth-order valence-corrected chi connectivity index (χ4v) is 2.80. The molecular formula is C15H23BrN2O2. The van der Waals surface area contributed by atoms with Crippen LogP contribution in [0.4, 0.5) is 0 Å². The van der Waals surface area contributed by atoms with Gasteiger partial charge in [0.15, 0.2) is 0 Å². The van der Waals surface area contributed by atoms with Crippen LogP contribution in [0.3, 0.4) is 0 Å². The van der Waals surface area contributed by atoms with Gasteiger partial charge in [0.1, 0.15) is 0 Å². The molecular weight excluding hydrogens is 320 g/mol. The predicted octanol–water partition coefficient (Wildman–Crippen LogP) is 1.58. The van der Waals surface area contributed by atoms with Crippen molar-refractivity contribution < 1.29 is 9.84 Å². The van der Waals surface area contributed by atoms with Crippen LogP contribution in [-0.4, -0.2) is 67.5 Å². The van der Waals surface area contributed by atoms with E-state index < -0.39 is 0 Å². The zero-order chi connectivity index (χ0) is 14.2. The molecule has 5 heteroatoms. The van der Waals surface area contributed by atoms with Crippen molar-refractivity contribution in [2.24, 2.45) is 0 Å². The lowest BCUT2D eigenvalue weighted by atomic mass is 10.2. The highest BCUT2D eigenvalue weighted by molar-refractivity contribution is 9.10. The first-order valence-corrected chi connectivity index (χ1v) is 7.95. The minimum atomic E-state index is 0.202. The quantitative estimate of drug-likeness (QED) is 0.816. The highest BCUT2D eigenvalue weighted by atomic mass is 79.9. The summed E-state index contributed by atoms with van der Waals surface area (Å²) >= 11 is 3.59. The van der Waals surface area contributed by atoms with Crippen LogP contribution in [0, 0.1) is 0 Å². The van der Waals surface area contributed by atoms with Crippen LogP contribution in [0.1, 0.15) is 5.56 Å². The van der Waals surface area contributed by atoms with Crippen molar-refractivity contribution in [3.63, 3.8) is 0 Å². The van der Waals surface area contributed by atoms with Crippen molar-refractivity contribution >= 4 is 15.9 Å². The number of nitrogens with zero attached hydrogens (tertiary/aromatic N) is 2. The van der Waals surface area contributed by atoms with Gasteiger partial charge in [-0.15, -0.1) is 0 Å². The summed E-state index contributed by atoms with van der Waals surface area (Å²) in [4.78, 5) is 4.73. The van der Waals surface area contributed by atoms with Crippen LogP contribution in [0.5, 0.6) is 0 Å². The average Bonchev–Trinajstić information content (AvgIpc) is 2.48. The number of halogens is 1. The number of hydrogen-bond donors (Lipinski definition) is 1. The van der Waals surface area contributed by atoms with E-state index in [1.165, 1.54) is 5.56 Å². The minimum absolute atomic E-state index is 0.202. The summed E-state index contributed by atoms with van der Waals surface area (Å²) in [5.41, 5.74) is 1.27. The Morgan fingerprint density at radius 2 is 1.95 bits per heavy atom. The summed E-state index contributed by atoms with van der Waals surface area (Å²) in [7, 11) is 0. The smallest absolute Gasteiger partial charge is 0.0594 e.